The molecule has 1 unspecified atom stereocenters. The normalized spacial score (nSPS) is 13.1. The first-order valence-corrected chi connectivity index (χ1v) is 8.04. The Bertz CT molecular complexity index is 299. The van der Waals surface area contributed by atoms with E-state index in [4.69, 9.17) is 0 Å². The van der Waals surface area contributed by atoms with Crippen molar-refractivity contribution in [3.63, 3.8) is 0 Å². The molecule has 1 rings (SSSR count). The Morgan fingerprint density at radius 2 is 1.94 bits per heavy atom. The number of thioether (sulfide) groups is 1. The molecule has 1 aromatic carbocycles. The fourth-order valence-electron chi connectivity index (χ4n) is 1.54. The molecule has 0 aliphatic rings. The first-order chi connectivity index (χ1) is 7.63. The zero-order chi connectivity index (χ0) is 12.0. The van der Waals surface area contributed by atoms with E-state index in [1.165, 1.54) is 21.3 Å². The standard InChI is InChI=1S/C13H20INS/c1-11(8-9-16-3)15(2)10-12-4-6-13(14)7-5-12/h4-7,11H,8-10H2,1-3H3. The third kappa shape index (κ3) is 5.06. The summed E-state index contributed by atoms with van der Waals surface area (Å²) in [6.07, 6.45) is 3.44. The second-order valence-electron chi connectivity index (χ2n) is 4.17. The number of nitrogens with zero attached hydrogens (tertiary/aromatic N) is 1. The summed E-state index contributed by atoms with van der Waals surface area (Å²) in [5.41, 5.74) is 1.40. The zero-order valence-electron chi connectivity index (χ0n) is 10.2. The first-order valence-electron chi connectivity index (χ1n) is 5.57. The molecule has 3 heteroatoms. The van der Waals surface area contributed by atoms with Crippen LogP contribution < -0.4 is 0 Å². The number of hydrogen-bond acceptors (Lipinski definition) is 2. The van der Waals surface area contributed by atoms with Crippen LogP contribution in [-0.2, 0) is 6.54 Å². The molecule has 0 bridgehead atoms. The van der Waals surface area contributed by atoms with Gasteiger partial charge in [-0.2, -0.15) is 11.8 Å². The molecule has 0 saturated heterocycles. The van der Waals surface area contributed by atoms with Crippen molar-refractivity contribution in [3.8, 4) is 0 Å². The Morgan fingerprint density at radius 1 is 1.31 bits per heavy atom. The lowest BCUT2D eigenvalue weighted by Gasteiger charge is -2.24. The van der Waals surface area contributed by atoms with Crippen LogP contribution in [0.4, 0.5) is 0 Å². The Hall–Kier alpha value is 0.260. The Labute approximate surface area is 117 Å². The molecule has 0 aromatic heterocycles. The third-order valence-electron chi connectivity index (χ3n) is 2.84. The molecule has 0 N–H and O–H groups in total. The highest BCUT2D eigenvalue weighted by atomic mass is 127. The van der Waals surface area contributed by atoms with Gasteiger partial charge in [0.2, 0.25) is 0 Å². The van der Waals surface area contributed by atoms with Gasteiger partial charge in [-0.05, 0) is 72.7 Å². The minimum atomic E-state index is 0.659. The van der Waals surface area contributed by atoms with Crippen LogP contribution in [0.3, 0.4) is 0 Å². The SMILES string of the molecule is CSCCC(C)N(C)Cc1ccc(I)cc1. The molecule has 16 heavy (non-hydrogen) atoms. The summed E-state index contributed by atoms with van der Waals surface area (Å²) in [4.78, 5) is 2.43. The van der Waals surface area contributed by atoms with Gasteiger partial charge in [0.25, 0.3) is 0 Å². The lowest BCUT2D eigenvalue weighted by Crippen LogP contribution is -2.29. The highest BCUT2D eigenvalue weighted by Crippen LogP contribution is 2.12. The lowest BCUT2D eigenvalue weighted by molar-refractivity contribution is 0.245. The van der Waals surface area contributed by atoms with Gasteiger partial charge in [0.15, 0.2) is 0 Å². The van der Waals surface area contributed by atoms with Crippen LogP contribution in [-0.4, -0.2) is 30.0 Å². The second kappa shape index (κ2) is 7.56. The van der Waals surface area contributed by atoms with Gasteiger partial charge in [-0.15, -0.1) is 0 Å². The molecule has 0 aliphatic carbocycles. The van der Waals surface area contributed by atoms with E-state index in [1.54, 1.807) is 0 Å². The Balaban J connectivity index is 2.43. The van der Waals surface area contributed by atoms with Crippen LogP contribution >= 0.6 is 34.4 Å². The minimum Gasteiger partial charge on any atom is -0.299 e. The Kier molecular flexibility index (Phi) is 6.77. The van der Waals surface area contributed by atoms with E-state index >= 15 is 0 Å². The summed E-state index contributed by atoms with van der Waals surface area (Å²) in [6.45, 7) is 3.36. The van der Waals surface area contributed by atoms with Crippen molar-refractivity contribution in [2.75, 3.05) is 19.1 Å². The zero-order valence-corrected chi connectivity index (χ0v) is 13.2. The largest absolute Gasteiger partial charge is 0.299 e. The van der Waals surface area contributed by atoms with E-state index in [-0.39, 0.29) is 0 Å². The van der Waals surface area contributed by atoms with Crippen molar-refractivity contribution in [1.82, 2.24) is 4.90 Å². The van der Waals surface area contributed by atoms with Crippen LogP contribution in [0.5, 0.6) is 0 Å². The summed E-state index contributed by atoms with van der Waals surface area (Å²) in [6, 6.07) is 9.46. The van der Waals surface area contributed by atoms with Gasteiger partial charge in [-0.3, -0.25) is 4.90 Å². The van der Waals surface area contributed by atoms with Crippen molar-refractivity contribution in [2.45, 2.75) is 25.9 Å². The van der Waals surface area contributed by atoms with Gasteiger partial charge in [0, 0.05) is 16.2 Å². The molecular weight excluding hydrogens is 329 g/mol. The maximum absolute atomic E-state index is 2.43. The van der Waals surface area contributed by atoms with Crippen LogP contribution in [0.1, 0.15) is 18.9 Å². The summed E-state index contributed by atoms with van der Waals surface area (Å²) in [7, 11) is 2.21. The minimum absolute atomic E-state index is 0.659. The van der Waals surface area contributed by atoms with Crippen LogP contribution in [0.2, 0.25) is 0 Å². The maximum Gasteiger partial charge on any atom is 0.0233 e. The van der Waals surface area contributed by atoms with E-state index in [0.29, 0.717) is 6.04 Å². The van der Waals surface area contributed by atoms with Crippen molar-refractivity contribution in [2.24, 2.45) is 0 Å². The summed E-state index contributed by atoms with van der Waals surface area (Å²) >= 11 is 4.27. The van der Waals surface area contributed by atoms with Crippen molar-refractivity contribution in [3.05, 3.63) is 33.4 Å². The molecular formula is C13H20INS. The van der Waals surface area contributed by atoms with Gasteiger partial charge in [0.05, 0.1) is 0 Å². The highest BCUT2D eigenvalue weighted by molar-refractivity contribution is 14.1. The van der Waals surface area contributed by atoms with Gasteiger partial charge < -0.3 is 0 Å². The molecule has 0 aliphatic heterocycles. The fraction of sp³-hybridized carbons (Fsp3) is 0.538. The monoisotopic (exact) mass is 349 g/mol. The molecule has 0 radical (unpaired) electrons. The topological polar surface area (TPSA) is 3.24 Å². The van der Waals surface area contributed by atoms with Gasteiger partial charge in [-0.1, -0.05) is 12.1 Å². The van der Waals surface area contributed by atoms with Crippen molar-refractivity contribution in [1.29, 1.82) is 0 Å². The molecule has 0 spiro atoms. The van der Waals surface area contributed by atoms with E-state index in [2.05, 4.69) is 72.0 Å². The molecule has 1 aromatic rings. The molecule has 0 heterocycles. The summed E-state index contributed by atoms with van der Waals surface area (Å²) in [5, 5.41) is 0. The fourth-order valence-corrected chi connectivity index (χ4v) is 2.48. The average molecular weight is 349 g/mol. The van der Waals surface area contributed by atoms with Crippen LogP contribution in [0.15, 0.2) is 24.3 Å². The molecule has 0 saturated carbocycles. The number of benzene rings is 1. The predicted molar refractivity (Wildman–Crippen MR) is 83.1 cm³/mol. The predicted octanol–water partition coefficient (Wildman–Crippen LogP) is 3.86. The molecule has 0 amide bonds. The summed E-state index contributed by atoms with van der Waals surface area (Å²) in [5.74, 6) is 1.25. The molecule has 90 valence electrons. The smallest absolute Gasteiger partial charge is 0.0233 e. The third-order valence-corrected chi connectivity index (χ3v) is 4.20. The van der Waals surface area contributed by atoms with E-state index < -0.39 is 0 Å². The first kappa shape index (κ1) is 14.3. The lowest BCUT2D eigenvalue weighted by atomic mass is 10.1. The quantitative estimate of drug-likeness (QED) is 0.718. The average Bonchev–Trinajstić information content (AvgIpc) is 2.29. The van der Waals surface area contributed by atoms with Gasteiger partial charge >= 0.3 is 0 Å². The van der Waals surface area contributed by atoms with E-state index in [9.17, 15) is 0 Å². The van der Waals surface area contributed by atoms with Crippen LogP contribution in [0, 0.1) is 3.57 Å². The molecule has 1 atom stereocenters. The highest BCUT2D eigenvalue weighted by Gasteiger charge is 2.08. The Morgan fingerprint density at radius 3 is 2.50 bits per heavy atom. The van der Waals surface area contributed by atoms with Crippen molar-refractivity contribution >= 4 is 34.4 Å². The van der Waals surface area contributed by atoms with Gasteiger partial charge in [0.1, 0.15) is 0 Å². The summed E-state index contributed by atoms with van der Waals surface area (Å²) < 4.78 is 1.31. The molecule has 1 nitrogen and oxygen atoms in total. The number of rotatable bonds is 6. The van der Waals surface area contributed by atoms with Crippen molar-refractivity contribution < 1.29 is 0 Å². The second-order valence-corrected chi connectivity index (χ2v) is 6.40. The van der Waals surface area contributed by atoms with E-state index in [0.717, 1.165) is 6.54 Å². The number of hydrogen-bond donors (Lipinski definition) is 0. The molecule has 0 fully saturated rings. The maximum atomic E-state index is 2.43. The number of halogens is 1. The van der Waals surface area contributed by atoms with E-state index in [1.807, 2.05) is 11.8 Å². The van der Waals surface area contributed by atoms with Crippen LogP contribution in [0.25, 0.3) is 0 Å². The van der Waals surface area contributed by atoms with Gasteiger partial charge in [-0.25, -0.2) is 0 Å².